The molecule has 3 amide bonds. The fourth-order valence-corrected chi connectivity index (χ4v) is 5.04. The highest BCUT2D eigenvalue weighted by Crippen LogP contribution is 2.33. The topological polar surface area (TPSA) is 108 Å². The first kappa shape index (κ1) is 31.8. The Balaban J connectivity index is 2.45. The summed E-state index contributed by atoms with van der Waals surface area (Å²) in [6.07, 6.45) is 7.91. The van der Waals surface area contributed by atoms with E-state index in [0.717, 1.165) is 51.4 Å². The first-order valence-corrected chi connectivity index (χ1v) is 14.6. The predicted molar refractivity (Wildman–Crippen MR) is 153 cm³/mol. The highest BCUT2D eigenvalue weighted by molar-refractivity contribution is 7.80. The zero-order chi connectivity index (χ0) is 28.3. The molecule has 1 aromatic rings. The Labute approximate surface area is 233 Å². The number of unbranched alkanes of at least 4 members (excludes halogenated alkanes) is 3. The van der Waals surface area contributed by atoms with Gasteiger partial charge in [-0.1, -0.05) is 63.6 Å². The van der Waals surface area contributed by atoms with Gasteiger partial charge in [0.15, 0.2) is 0 Å². The lowest BCUT2D eigenvalue weighted by Crippen LogP contribution is -2.54. The second-order valence-corrected chi connectivity index (χ2v) is 11.6. The molecule has 1 aliphatic rings. The van der Waals surface area contributed by atoms with Gasteiger partial charge >= 0.3 is 6.09 Å². The molecule has 8 nitrogen and oxygen atoms in total. The second kappa shape index (κ2) is 15.2. The normalized spacial score (nSPS) is 15.8. The molecule has 3 N–H and O–H groups in total. The van der Waals surface area contributed by atoms with Crippen LogP contribution in [0.25, 0.3) is 0 Å². The van der Waals surface area contributed by atoms with E-state index in [4.69, 9.17) is 4.74 Å². The molecule has 0 radical (unpaired) electrons. The molecule has 0 aliphatic heterocycles. The molecule has 0 heterocycles. The predicted octanol–water partition coefficient (Wildman–Crippen LogP) is 5.42. The number of thiol groups is 1. The number of ether oxygens (including phenoxy) is 1. The molecule has 2 rings (SSSR count). The van der Waals surface area contributed by atoms with Crippen molar-refractivity contribution in [1.82, 2.24) is 15.5 Å². The molecule has 0 saturated heterocycles. The number of nitrogens with zero attached hydrogens (tertiary/aromatic N) is 1. The van der Waals surface area contributed by atoms with Gasteiger partial charge in [0, 0.05) is 23.9 Å². The van der Waals surface area contributed by atoms with E-state index in [0.29, 0.717) is 24.1 Å². The Morgan fingerprint density at radius 1 is 1.13 bits per heavy atom. The maximum absolute atomic E-state index is 14.0. The zero-order valence-corrected chi connectivity index (χ0v) is 24.6. The van der Waals surface area contributed by atoms with E-state index in [9.17, 15) is 19.5 Å². The van der Waals surface area contributed by atoms with Crippen molar-refractivity contribution >= 4 is 30.5 Å². The average Bonchev–Trinajstić information content (AvgIpc) is 2.85. The van der Waals surface area contributed by atoms with Gasteiger partial charge in [-0.3, -0.25) is 9.59 Å². The summed E-state index contributed by atoms with van der Waals surface area (Å²) in [5.74, 6) is -0.741. The van der Waals surface area contributed by atoms with Crippen molar-refractivity contribution in [2.24, 2.45) is 0 Å². The van der Waals surface area contributed by atoms with Gasteiger partial charge in [0.2, 0.25) is 11.8 Å². The Kier molecular flexibility index (Phi) is 12.8. The summed E-state index contributed by atoms with van der Waals surface area (Å²) in [7, 11) is 0. The fraction of sp³-hybridized carbons (Fsp3) is 0.690. The van der Waals surface area contributed by atoms with Crippen LogP contribution >= 0.6 is 12.6 Å². The number of carbonyl (C=O) groups excluding carboxylic acids is 3. The lowest BCUT2D eigenvalue weighted by atomic mass is 9.94. The molecular formula is C29H47N3O5S. The smallest absolute Gasteiger partial charge is 0.408 e. The number of alkyl carbamates (subject to hydrolysis) is 1. The minimum absolute atomic E-state index is 0.00910. The number of aryl methyl sites for hydroxylation is 1. The van der Waals surface area contributed by atoms with E-state index >= 15 is 0 Å². The summed E-state index contributed by atoms with van der Waals surface area (Å²) in [6, 6.07) is 3.22. The van der Waals surface area contributed by atoms with Crippen LogP contribution in [-0.2, 0) is 14.3 Å². The molecule has 38 heavy (non-hydrogen) atoms. The van der Waals surface area contributed by atoms with Crippen molar-refractivity contribution in [3.05, 3.63) is 29.3 Å². The van der Waals surface area contributed by atoms with E-state index in [1.807, 2.05) is 0 Å². The molecule has 0 spiro atoms. The number of amides is 3. The van der Waals surface area contributed by atoms with Crippen LogP contribution < -0.4 is 10.6 Å². The molecule has 1 fully saturated rings. The number of rotatable bonds is 12. The van der Waals surface area contributed by atoms with Gasteiger partial charge in [-0.25, -0.2) is 4.79 Å². The van der Waals surface area contributed by atoms with E-state index in [1.165, 1.54) is 4.90 Å². The summed E-state index contributed by atoms with van der Waals surface area (Å²) < 4.78 is 5.37. The Bertz CT molecular complexity index is 927. The van der Waals surface area contributed by atoms with Crippen molar-refractivity contribution in [3.63, 3.8) is 0 Å². The van der Waals surface area contributed by atoms with Crippen LogP contribution in [0.1, 0.15) is 103 Å². The van der Waals surface area contributed by atoms with Crippen molar-refractivity contribution < 1.29 is 24.2 Å². The number of nitrogens with one attached hydrogen (secondary N) is 2. The van der Waals surface area contributed by atoms with Gasteiger partial charge in [0.25, 0.3) is 0 Å². The summed E-state index contributed by atoms with van der Waals surface area (Å²) in [6.45, 7) is 9.41. The van der Waals surface area contributed by atoms with Crippen LogP contribution in [0, 0.1) is 6.92 Å². The molecule has 2 atom stereocenters. The van der Waals surface area contributed by atoms with Gasteiger partial charge in [0.05, 0.1) is 0 Å². The van der Waals surface area contributed by atoms with Gasteiger partial charge in [-0.05, 0) is 52.5 Å². The van der Waals surface area contributed by atoms with Crippen molar-refractivity contribution in [2.45, 2.75) is 116 Å². The maximum atomic E-state index is 14.0. The Morgan fingerprint density at radius 2 is 1.82 bits per heavy atom. The van der Waals surface area contributed by atoms with Crippen LogP contribution in [0.2, 0.25) is 0 Å². The van der Waals surface area contributed by atoms with E-state index in [2.05, 4.69) is 30.2 Å². The Morgan fingerprint density at radius 3 is 2.42 bits per heavy atom. The highest BCUT2D eigenvalue weighted by atomic mass is 32.1. The van der Waals surface area contributed by atoms with Gasteiger partial charge in [0.1, 0.15) is 23.4 Å². The Hall–Kier alpha value is -2.42. The lowest BCUT2D eigenvalue weighted by molar-refractivity contribution is -0.142. The van der Waals surface area contributed by atoms with Gasteiger partial charge in [-0.2, -0.15) is 12.6 Å². The number of benzene rings is 1. The van der Waals surface area contributed by atoms with E-state index < -0.39 is 29.7 Å². The molecule has 214 valence electrons. The molecule has 0 bridgehead atoms. The summed E-state index contributed by atoms with van der Waals surface area (Å²) >= 11 is 4.34. The largest absolute Gasteiger partial charge is 0.507 e. The second-order valence-electron chi connectivity index (χ2n) is 11.2. The third-order valence-corrected chi connectivity index (χ3v) is 7.15. The lowest BCUT2D eigenvalue weighted by Gasteiger charge is -2.36. The number of hydrogen-bond acceptors (Lipinski definition) is 6. The third kappa shape index (κ3) is 9.71. The third-order valence-electron chi connectivity index (χ3n) is 6.78. The van der Waals surface area contributed by atoms with E-state index in [-0.39, 0.29) is 23.5 Å². The quantitative estimate of drug-likeness (QED) is 0.206. The summed E-state index contributed by atoms with van der Waals surface area (Å²) in [5.41, 5.74) is 0.260. The van der Waals surface area contributed by atoms with Gasteiger partial charge in [-0.15, -0.1) is 0 Å². The molecular weight excluding hydrogens is 502 g/mol. The van der Waals surface area contributed by atoms with Crippen molar-refractivity contribution in [2.75, 3.05) is 12.3 Å². The SMILES string of the molecule is CCCCCCN(C(=O)C(CS)NC(=O)OC(C)(C)C)C(C(=O)NC1CCCCC1)c1cccc(C)c1O. The molecule has 2 unspecified atom stereocenters. The fourth-order valence-electron chi connectivity index (χ4n) is 4.79. The van der Waals surface area contributed by atoms with E-state index in [1.54, 1.807) is 45.9 Å². The monoisotopic (exact) mass is 549 g/mol. The van der Waals surface area contributed by atoms with Gasteiger partial charge < -0.3 is 25.4 Å². The minimum atomic E-state index is -1.05. The number of phenolic OH excluding ortho intramolecular Hbond substituents is 1. The van der Waals surface area contributed by atoms with Crippen LogP contribution in [0.15, 0.2) is 18.2 Å². The number of hydrogen-bond donors (Lipinski definition) is 4. The van der Waals surface area contributed by atoms with Crippen LogP contribution in [0.4, 0.5) is 4.79 Å². The van der Waals surface area contributed by atoms with Crippen molar-refractivity contribution in [1.29, 1.82) is 0 Å². The molecule has 1 saturated carbocycles. The highest BCUT2D eigenvalue weighted by Gasteiger charge is 2.37. The molecule has 9 heteroatoms. The maximum Gasteiger partial charge on any atom is 0.408 e. The number of carbonyl (C=O) groups is 3. The van der Waals surface area contributed by atoms with Crippen molar-refractivity contribution in [3.8, 4) is 5.75 Å². The first-order valence-electron chi connectivity index (χ1n) is 14.0. The molecule has 1 aromatic carbocycles. The summed E-state index contributed by atoms with van der Waals surface area (Å²) in [5, 5.41) is 16.8. The van der Waals surface area contributed by atoms with Crippen LogP contribution in [0.5, 0.6) is 5.75 Å². The number of aromatic hydroxyl groups is 1. The first-order chi connectivity index (χ1) is 18.0. The molecule has 0 aromatic heterocycles. The number of para-hydroxylation sites is 1. The van der Waals surface area contributed by atoms with Crippen LogP contribution in [0.3, 0.4) is 0 Å². The molecule has 1 aliphatic carbocycles. The summed E-state index contributed by atoms with van der Waals surface area (Å²) in [4.78, 5) is 41.9. The van der Waals surface area contributed by atoms with Crippen LogP contribution in [-0.4, -0.2) is 57.9 Å². The zero-order valence-electron chi connectivity index (χ0n) is 23.7. The minimum Gasteiger partial charge on any atom is -0.507 e. The standard InChI is InChI=1S/C29H47N3O5S/c1-6-7-8-12-18-32(27(35)23(19-38)31-28(36)37-29(3,4)5)24(22-17-13-14-20(2)25(22)33)26(34)30-21-15-10-9-11-16-21/h13-14,17,21,23-24,33,38H,6-12,15-16,18-19H2,1-5H3,(H,30,34)(H,31,36). The average molecular weight is 550 g/mol. The number of phenols is 1.